The first-order valence-corrected chi connectivity index (χ1v) is 11.6. The summed E-state index contributed by atoms with van der Waals surface area (Å²) in [6.45, 7) is 4.97. The van der Waals surface area contributed by atoms with Crippen LogP contribution in [-0.2, 0) is 24.0 Å². The van der Waals surface area contributed by atoms with E-state index in [4.69, 9.17) is 22.9 Å². The molecule has 206 valence electrons. The van der Waals surface area contributed by atoms with Crippen LogP contribution in [0.25, 0.3) is 0 Å². The summed E-state index contributed by atoms with van der Waals surface area (Å²) in [5, 5.41) is 26.3. The van der Waals surface area contributed by atoms with Gasteiger partial charge in [0, 0.05) is 13.0 Å². The lowest BCUT2D eigenvalue weighted by molar-refractivity contribution is -0.142. The fourth-order valence-corrected chi connectivity index (χ4v) is 3.02. The van der Waals surface area contributed by atoms with Crippen LogP contribution < -0.4 is 38.9 Å². The summed E-state index contributed by atoms with van der Waals surface area (Å²) in [6, 6.07) is -5.00. The number of rotatable bonds is 17. The molecule has 0 aliphatic heterocycles. The van der Waals surface area contributed by atoms with Crippen LogP contribution in [0.2, 0.25) is 0 Å². The summed E-state index contributed by atoms with van der Waals surface area (Å²) < 4.78 is 0. The third kappa shape index (κ3) is 12.3. The van der Waals surface area contributed by atoms with E-state index in [-0.39, 0.29) is 44.1 Å². The number of nitrogens with zero attached hydrogens (tertiary/aromatic N) is 1. The number of hydrogen-bond donors (Lipinski definition) is 9. The molecule has 15 heteroatoms. The smallest absolute Gasteiger partial charge is 0.326 e. The van der Waals surface area contributed by atoms with E-state index in [2.05, 4.69) is 20.9 Å². The molecule has 0 aromatic rings. The number of carboxylic acid groups (broad SMARTS) is 1. The number of carbonyl (C=O) groups excluding carboxylic acids is 4. The van der Waals surface area contributed by atoms with Crippen LogP contribution in [0.15, 0.2) is 4.99 Å². The van der Waals surface area contributed by atoms with Crippen LogP contribution in [0, 0.1) is 5.92 Å². The lowest BCUT2D eigenvalue weighted by Gasteiger charge is -2.28. The van der Waals surface area contributed by atoms with Gasteiger partial charge >= 0.3 is 5.97 Å². The molecule has 0 aromatic heterocycles. The summed E-state index contributed by atoms with van der Waals surface area (Å²) in [4.78, 5) is 64.8. The highest BCUT2D eigenvalue weighted by molar-refractivity contribution is 5.94. The molecule has 0 rings (SSSR count). The fourth-order valence-electron chi connectivity index (χ4n) is 3.02. The van der Waals surface area contributed by atoms with Gasteiger partial charge in [-0.3, -0.25) is 24.2 Å². The summed E-state index contributed by atoms with van der Waals surface area (Å²) in [5.41, 5.74) is 21.3. The van der Waals surface area contributed by atoms with E-state index in [1.165, 1.54) is 6.92 Å². The molecule has 0 aromatic carbocycles. The number of hydrogen-bond acceptors (Lipinski definition) is 8. The summed E-state index contributed by atoms with van der Waals surface area (Å²) in [7, 11) is 0. The van der Waals surface area contributed by atoms with Gasteiger partial charge in [-0.15, -0.1) is 0 Å². The number of nitrogens with two attached hydrogens (primary N) is 4. The van der Waals surface area contributed by atoms with Crippen molar-refractivity contribution < 1.29 is 34.2 Å². The summed E-state index contributed by atoms with van der Waals surface area (Å²) in [6.07, 6.45) is -0.906. The van der Waals surface area contributed by atoms with Crippen molar-refractivity contribution in [2.24, 2.45) is 33.8 Å². The van der Waals surface area contributed by atoms with Crippen molar-refractivity contribution >= 4 is 35.6 Å². The maximum absolute atomic E-state index is 13.1. The maximum atomic E-state index is 13.1. The van der Waals surface area contributed by atoms with Gasteiger partial charge in [0.15, 0.2) is 5.96 Å². The molecule has 0 heterocycles. The lowest BCUT2D eigenvalue weighted by Crippen LogP contribution is -2.59. The van der Waals surface area contributed by atoms with Crippen LogP contribution in [0.3, 0.4) is 0 Å². The predicted octanol–water partition coefficient (Wildman–Crippen LogP) is -3.40. The van der Waals surface area contributed by atoms with Gasteiger partial charge in [0.25, 0.3) is 0 Å². The Hall–Kier alpha value is -3.46. The molecule has 0 spiro atoms. The van der Waals surface area contributed by atoms with Crippen molar-refractivity contribution in [3.05, 3.63) is 0 Å². The number of amides is 4. The second kappa shape index (κ2) is 16.3. The molecule has 0 aliphatic carbocycles. The third-order valence-corrected chi connectivity index (χ3v) is 5.49. The Kier molecular flexibility index (Phi) is 14.7. The largest absolute Gasteiger partial charge is 0.480 e. The van der Waals surface area contributed by atoms with Gasteiger partial charge in [0.1, 0.15) is 24.2 Å². The second-order valence-corrected chi connectivity index (χ2v) is 8.55. The molecule has 4 amide bonds. The molecular formula is C21H40N8O7. The number of nitrogens with one attached hydrogen (secondary N) is 3. The average Bonchev–Trinajstić information content (AvgIpc) is 2.79. The Morgan fingerprint density at radius 2 is 1.47 bits per heavy atom. The van der Waals surface area contributed by atoms with Crippen molar-refractivity contribution in [1.29, 1.82) is 0 Å². The Morgan fingerprint density at radius 1 is 0.889 bits per heavy atom. The molecule has 0 fully saturated rings. The SMILES string of the molecule is CCC(C)C(NC(=O)C(N)C(C)O)C(=O)NC(CCCN=C(N)N)C(=O)NC(CCC(N)=O)C(=O)O. The Bertz CT molecular complexity index is 801. The number of aliphatic hydroxyl groups excluding tert-OH is 1. The van der Waals surface area contributed by atoms with E-state index in [9.17, 15) is 34.2 Å². The Balaban J connectivity index is 5.71. The number of aliphatic carboxylic acids is 1. The monoisotopic (exact) mass is 516 g/mol. The standard InChI is InChI=1S/C21H40N8O7/c1-4-10(2)16(29-18(33)15(23)11(3)30)19(34)27-12(6-5-9-26-21(24)25)17(32)28-13(20(35)36)7-8-14(22)31/h10-13,15-16,30H,4-9,23H2,1-3H3,(H2,22,31)(H,27,34)(H,28,32)(H,29,33)(H,35,36)(H4,24,25,26). The number of primary amides is 1. The molecule has 15 nitrogen and oxygen atoms in total. The first-order valence-electron chi connectivity index (χ1n) is 11.6. The summed E-state index contributed by atoms with van der Waals surface area (Å²) >= 11 is 0. The van der Waals surface area contributed by atoms with Crippen molar-refractivity contribution in [1.82, 2.24) is 16.0 Å². The van der Waals surface area contributed by atoms with E-state index < -0.39 is 59.9 Å². The molecule has 0 radical (unpaired) electrons. The zero-order valence-electron chi connectivity index (χ0n) is 20.9. The normalized spacial score (nSPS) is 15.8. The minimum Gasteiger partial charge on any atom is -0.480 e. The number of carboxylic acids is 1. The van der Waals surface area contributed by atoms with Crippen LogP contribution in [-0.4, -0.2) is 82.6 Å². The van der Waals surface area contributed by atoms with Crippen LogP contribution in [0.4, 0.5) is 0 Å². The molecule has 6 unspecified atom stereocenters. The van der Waals surface area contributed by atoms with Gasteiger partial charge < -0.3 is 49.1 Å². The van der Waals surface area contributed by atoms with Crippen molar-refractivity contribution in [3.63, 3.8) is 0 Å². The number of guanidine groups is 1. The average molecular weight is 517 g/mol. The zero-order chi connectivity index (χ0) is 28.0. The molecule has 6 atom stereocenters. The highest BCUT2D eigenvalue weighted by Gasteiger charge is 2.33. The van der Waals surface area contributed by atoms with Crippen LogP contribution in [0.5, 0.6) is 0 Å². The van der Waals surface area contributed by atoms with E-state index in [1.807, 2.05) is 0 Å². The van der Waals surface area contributed by atoms with E-state index in [0.29, 0.717) is 6.42 Å². The number of aliphatic imine (C=N–C) groups is 1. The van der Waals surface area contributed by atoms with Gasteiger partial charge in [-0.05, 0) is 32.1 Å². The summed E-state index contributed by atoms with van der Waals surface area (Å²) in [5.74, 6) is -4.93. The topological polar surface area (TPSA) is 278 Å². The van der Waals surface area contributed by atoms with Gasteiger partial charge in [0.2, 0.25) is 23.6 Å². The third-order valence-electron chi connectivity index (χ3n) is 5.49. The Labute approximate surface area is 209 Å². The number of aliphatic hydroxyl groups is 1. The lowest BCUT2D eigenvalue weighted by atomic mass is 9.96. The van der Waals surface area contributed by atoms with Crippen molar-refractivity contribution in [2.45, 2.75) is 83.1 Å². The maximum Gasteiger partial charge on any atom is 0.326 e. The molecule has 13 N–H and O–H groups in total. The molecule has 0 saturated heterocycles. The van der Waals surface area contributed by atoms with Gasteiger partial charge in [-0.2, -0.15) is 0 Å². The molecule has 0 bridgehead atoms. The van der Waals surface area contributed by atoms with E-state index in [0.717, 1.165) is 0 Å². The van der Waals surface area contributed by atoms with Crippen molar-refractivity contribution in [2.75, 3.05) is 6.54 Å². The van der Waals surface area contributed by atoms with Gasteiger partial charge in [-0.25, -0.2) is 4.79 Å². The van der Waals surface area contributed by atoms with E-state index in [1.54, 1.807) is 13.8 Å². The molecule has 36 heavy (non-hydrogen) atoms. The number of carbonyl (C=O) groups is 5. The van der Waals surface area contributed by atoms with Crippen LogP contribution in [0.1, 0.15) is 52.9 Å². The minimum absolute atomic E-state index is 0.0326. The van der Waals surface area contributed by atoms with Crippen molar-refractivity contribution in [3.8, 4) is 0 Å². The quantitative estimate of drug-likeness (QED) is 0.0524. The second-order valence-electron chi connectivity index (χ2n) is 8.55. The minimum atomic E-state index is -1.42. The Morgan fingerprint density at radius 3 is 1.94 bits per heavy atom. The molecule has 0 aliphatic rings. The van der Waals surface area contributed by atoms with Crippen LogP contribution >= 0.6 is 0 Å². The zero-order valence-corrected chi connectivity index (χ0v) is 20.9. The van der Waals surface area contributed by atoms with E-state index >= 15 is 0 Å². The molecule has 0 saturated carbocycles. The predicted molar refractivity (Wildman–Crippen MR) is 131 cm³/mol. The van der Waals surface area contributed by atoms with Gasteiger partial charge in [0.05, 0.1) is 6.10 Å². The first kappa shape index (κ1) is 32.5. The molecular weight excluding hydrogens is 476 g/mol. The first-order chi connectivity index (χ1) is 16.7. The highest BCUT2D eigenvalue weighted by Crippen LogP contribution is 2.11. The van der Waals surface area contributed by atoms with Gasteiger partial charge in [-0.1, -0.05) is 20.3 Å². The highest BCUT2D eigenvalue weighted by atomic mass is 16.4. The fraction of sp³-hybridized carbons (Fsp3) is 0.714.